The van der Waals surface area contributed by atoms with Crippen LogP contribution < -0.4 is 11.1 Å². The van der Waals surface area contributed by atoms with E-state index in [4.69, 9.17) is 16.4 Å². The number of benzene rings is 1. The molecule has 18 heavy (non-hydrogen) atoms. The van der Waals surface area contributed by atoms with E-state index in [0.29, 0.717) is 6.21 Å². The Hall–Kier alpha value is -2.49. The Balaban J connectivity index is 3.22. The molecule has 1 aromatic rings. The van der Waals surface area contributed by atoms with Crippen LogP contribution in [0.15, 0.2) is 35.7 Å². The highest BCUT2D eigenvalue weighted by atomic mass is 19.4. The lowest BCUT2D eigenvalue weighted by Gasteiger charge is -2.16. The molecule has 0 spiro atoms. The lowest BCUT2D eigenvalue weighted by molar-refractivity contribution is -0.0907. The maximum Gasteiger partial charge on any atom is 0.433 e. The van der Waals surface area contributed by atoms with Gasteiger partial charge in [0.05, 0.1) is 16.9 Å². The SMILES string of the molecule is N#Cc1ccccc1N/C(=C(/N)C=N)C(F)(F)F. The lowest BCUT2D eigenvalue weighted by Crippen LogP contribution is -2.25. The molecule has 1 rings (SSSR count). The first-order chi connectivity index (χ1) is 8.40. The van der Waals surface area contributed by atoms with Crippen molar-refractivity contribution in [2.45, 2.75) is 6.18 Å². The van der Waals surface area contributed by atoms with Gasteiger partial charge in [0.15, 0.2) is 0 Å². The van der Waals surface area contributed by atoms with Crippen LogP contribution in [0.25, 0.3) is 0 Å². The molecule has 94 valence electrons. The second-order valence-corrected chi connectivity index (χ2v) is 3.25. The van der Waals surface area contributed by atoms with Crippen molar-refractivity contribution in [2.24, 2.45) is 5.73 Å². The Bertz CT molecular complexity index is 526. The van der Waals surface area contributed by atoms with Crippen molar-refractivity contribution in [1.29, 1.82) is 10.7 Å². The molecule has 0 aromatic heterocycles. The Morgan fingerprint density at radius 3 is 2.50 bits per heavy atom. The predicted molar refractivity (Wildman–Crippen MR) is 60.8 cm³/mol. The number of halogens is 3. The van der Waals surface area contributed by atoms with Crippen LogP contribution in [0.1, 0.15) is 5.56 Å². The number of nitrogens with zero attached hydrogens (tertiary/aromatic N) is 1. The normalized spacial score (nSPS) is 12.3. The largest absolute Gasteiger partial charge is 0.433 e. The van der Waals surface area contributed by atoms with Gasteiger partial charge in [-0.2, -0.15) is 18.4 Å². The van der Waals surface area contributed by atoms with Crippen LogP contribution in [0, 0.1) is 16.7 Å². The van der Waals surface area contributed by atoms with Crippen LogP contribution in [0.3, 0.4) is 0 Å². The third-order valence-corrected chi connectivity index (χ3v) is 2.03. The number of anilines is 1. The van der Waals surface area contributed by atoms with Gasteiger partial charge in [-0.3, -0.25) is 0 Å². The Morgan fingerprint density at radius 2 is 2.00 bits per heavy atom. The molecule has 0 bridgehead atoms. The molecular weight excluding hydrogens is 245 g/mol. The van der Waals surface area contributed by atoms with Gasteiger partial charge in [-0.05, 0) is 12.1 Å². The highest BCUT2D eigenvalue weighted by Crippen LogP contribution is 2.29. The number of allylic oxidation sites excluding steroid dienone is 2. The van der Waals surface area contributed by atoms with Gasteiger partial charge in [0.25, 0.3) is 0 Å². The zero-order valence-electron chi connectivity index (χ0n) is 9.05. The molecule has 1 aromatic carbocycles. The van der Waals surface area contributed by atoms with E-state index >= 15 is 0 Å². The van der Waals surface area contributed by atoms with Crippen molar-refractivity contribution in [3.8, 4) is 6.07 Å². The fourth-order valence-electron chi connectivity index (χ4n) is 1.20. The summed E-state index contributed by atoms with van der Waals surface area (Å²) in [6, 6.07) is 7.46. The smallest absolute Gasteiger partial charge is 0.396 e. The molecule has 0 aliphatic carbocycles. The van der Waals surface area contributed by atoms with E-state index in [0.717, 1.165) is 0 Å². The molecule has 0 amide bonds. The molecule has 0 aliphatic rings. The Labute approximate surface area is 101 Å². The van der Waals surface area contributed by atoms with E-state index in [-0.39, 0.29) is 11.3 Å². The monoisotopic (exact) mass is 254 g/mol. The minimum absolute atomic E-state index is 0.0166. The molecule has 0 saturated heterocycles. The van der Waals surface area contributed by atoms with Gasteiger partial charge in [-0.15, -0.1) is 0 Å². The van der Waals surface area contributed by atoms with E-state index in [2.05, 4.69) is 0 Å². The summed E-state index contributed by atoms with van der Waals surface area (Å²) >= 11 is 0. The minimum Gasteiger partial charge on any atom is -0.396 e. The van der Waals surface area contributed by atoms with Gasteiger partial charge in [0.1, 0.15) is 11.8 Å². The van der Waals surface area contributed by atoms with Crippen LogP contribution in [0.4, 0.5) is 18.9 Å². The molecule has 7 heteroatoms. The topological polar surface area (TPSA) is 85.7 Å². The number of para-hydroxylation sites is 1. The number of hydrogen-bond donors (Lipinski definition) is 3. The summed E-state index contributed by atoms with van der Waals surface area (Å²) in [5.74, 6) is 0. The Kier molecular flexibility index (Phi) is 3.94. The zero-order valence-corrected chi connectivity index (χ0v) is 9.05. The van der Waals surface area contributed by atoms with E-state index < -0.39 is 17.6 Å². The van der Waals surface area contributed by atoms with Crippen molar-refractivity contribution in [3.63, 3.8) is 0 Å². The fourth-order valence-corrected chi connectivity index (χ4v) is 1.20. The number of rotatable bonds is 3. The van der Waals surface area contributed by atoms with Gasteiger partial charge in [0, 0.05) is 6.21 Å². The molecule has 4 N–H and O–H groups in total. The molecule has 0 radical (unpaired) electrons. The quantitative estimate of drug-likeness (QED) is 0.724. The predicted octanol–water partition coefficient (Wildman–Crippen LogP) is 2.35. The minimum atomic E-state index is -4.73. The molecule has 0 unspecified atom stereocenters. The summed E-state index contributed by atoms with van der Waals surface area (Å²) in [6.45, 7) is 0. The summed E-state index contributed by atoms with van der Waals surface area (Å²) in [5.41, 5.74) is 3.13. The third kappa shape index (κ3) is 3.01. The maximum absolute atomic E-state index is 12.7. The van der Waals surface area contributed by atoms with Gasteiger partial charge >= 0.3 is 6.18 Å². The number of nitriles is 1. The number of hydrogen-bond acceptors (Lipinski definition) is 4. The van der Waals surface area contributed by atoms with Crippen LogP contribution in [-0.4, -0.2) is 12.4 Å². The van der Waals surface area contributed by atoms with Gasteiger partial charge in [-0.1, -0.05) is 12.1 Å². The summed E-state index contributed by atoms with van der Waals surface area (Å²) in [6.07, 6.45) is -4.34. The van der Waals surface area contributed by atoms with E-state index in [1.807, 2.05) is 5.32 Å². The van der Waals surface area contributed by atoms with Crippen LogP contribution >= 0.6 is 0 Å². The summed E-state index contributed by atoms with van der Waals surface area (Å²) in [4.78, 5) is 0. The van der Waals surface area contributed by atoms with Gasteiger partial charge in [0.2, 0.25) is 0 Å². The molecular formula is C11H9F3N4. The average Bonchev–Trinajstić information content (AvgIpc) is 2.34. The van der Waals surface area contributed by atoms with Crippen molar-refractivity contribution < 1.29 is 13.2 Å². The lowest BCUT2D eigenvalue weighted by atomic mass is 10.2. The fraction of sp³-hybridized carbons (Fsp3) is 0.0909. The molecule has 0 heterocycles. The van der Waals surface area contributed by atoms with Crippen molar-refractivity contribution >= 4 is 11.9 Å². The average molecular weight is 254 g/mol. The molecule has 4 nitrogen and oxygen atoms in total. The van der Waals surface area contributed by atoms with Crippen LogP contribution in [0.2, 0.25) is 0 Å². The molecule has 0 aliphatic heterocycles. The van der Waals surface area contributed by atoms with Crippen LogP contribution in [0.5, 0.6) is 0 Å². The first-order valence-electron chi connectivity index (χ1n) is 4.73. The first-order valence-corrected chi connectivity index (χ1v) is 4.73. The van der Waals surface area contributed by atoms with Gasteiger partial charge in [-0.25, -0.2) is 0 Å². The van der Waals surface area contributed by atoms with E-state index in [1.54, 1.807) is 6.07 Å². The number of nitrogens with two attached hydrogens (primary N) is 1. The molecule has 0 saturated carbocycles. The standard InChI is InChI=1S/C11H9F3N4/c12-11(13,14)10(8(17)6-16)18-9-4-2-1-3-7(9)5-15/h1-4,6,16,18H,17H2/b10-8+,16-6?. The van der Waals surface area contributed by atoms with E-state index in [9.17, 15) is 13.2 Å². The number of alkyl halides is 3. The maximum atomic E-state index is 12.7. The van der Waals surface area contributed by atoms with Crippen molar-refractivity contribution in [2.75, 3.05) is 5.32 Å². The second-order valence-electron chi connectivity index (χ2n) is 3.25. The highest BCUT2D eigenvalue weighted by molar-refractivity contribution is 5.77. The molecule has 0 fully saturated rings. The number of nitrogens with one attached hydrogen (secondary N) is 2. The third-order valence-electron chi connectivity index (χ3n) is 2.03. The van der Waals surface area contributed by atoms with Crippen LogP contribution in [-0.2, 0) is 0 Å². The van der Waals surface area contributed by atoms with Crippen molar-refractivity contribution in [1.82, 2.24) is 0 Å². The summed E-state index contributed by atoms with van der Waals surface area (Å²) in [7, 11) is 0. The zero-order chi connectivity index (χ0) is 13.8. The van der Waals surface area contributed by atoms with Gasteiger partial charge < -0.3 is 16.5 Å². The summed E-state index contributed by atoms with van der Waals surface area (Å²) < 4.78 is 38.1. The van der Waals surface area contributed by atoms with E-state index in [1.165, 1.54) is 24.3 Å². The summed E-state index contributed by atoms with van der Waals surface area (Å²) in [5, 5.41) is 17.6. The van der Waals surface area contributed by atoms with Crippen molar-refractivity contribution in [3.05, 3.63) is 41.2 Å². The highest BCUT2D eigenvalue weighted by Gasteiger charge is 2.36. The second kappa shape index (κ2) is 5.23. The molecule has 0 atom stereocenters. The first kappa shape index (κ1) is 13.6. The Morgan fingerprint density at radius 1 is 1.39 bits per heavy atom.